The molecule has 0 spiro atoms. The first-order valence-corrected chi connectivity index (χ1v) is 6.71. The molecular weight excluding hydrogens is 216 g/mol. The van der Waals surface area contributed by atoms with Crippen molar-refractivity contribution in [3.8, 4) is 0 Å². The highest BCUT2D eigenvalue weighted by Crippen LogP contribution is 2.23. The molecule has 4 nitrogen and oxygen atoms in total. The third-order valence-electron chi connectivity index (χ3n) is 3.51. The number of nitrogens with one attached hydrogen (secondary N) is 1. The molecule has 0 aromatic rings. The minimum Gasteiger partial charge on any atom is -0.480 e. The lowest BCUT2D eigenvalue weighted by Gasteiger charge is -2.39. The van der Waals surface area contributed by atoms with Crippen LogP contribution < -0.4 is 5.32 Å². The van der Waals surface area contributed by atoms with E-state index in [1.807, 2.05) is 0 Å². The summed E-state index contributed by atoms with van der Waals surface area (Å²) in [6, 6.07) is 0. The maximum absolute atomic E-state index is 11.5. The van der Waals surface area contributed by atoms with Gasteiger partial charge in [-0.15, -0.1) is 0 Å². The highest BCUT2D eigenvalue weighted by molar-refractivity contribution is 5.79. The summed E-state index contributed by atoms with van der Waals surface area (Å²) in [7, 11) is 0. The summed E-state index contributed by atoms with van der Waals surface area (Å²) in [6.07, 6.45) is 2.57. The van der Waals surface area contributed by atoms with Gasteiger partial charge >= 0.3 is 5.97 Å². The Morgan fingerprint density at radius 2 is 2.00 bits per heavy atom. The molecule has 0 radical (unpaired) electrons. The Balaban J connectivity index is 2.54. The zero-order valence-corrected chi connectivity index (χ0v) is 11.3. The van der Waals surface area contributed by atoms with Crippen LogP contribution in [0.2, 0.25) is 0 Å². The molecule has 0 aromatic heterocycles. The minimum absolute atomic E-state index is 0.486. The number of likely N-dealkylation sites (tertiary alicyclic amines) is 1. The van der Waals surface area contributed by atoms with Gasteiger partial charge in [0.25, 0.3) is 0 Å². The molecule has 0 saturated carbocycles. The molecule has 1 rings (SSSR count). The fraction of sp³-hybridized carbons (Fsp3) is 0.923. The van der Waals surface area contributed by atoms with E-state index >= 15 is 0 Å². The van der Waals surface area contributed by atoms with Gasteiger partial charge in [0.15, 0.2) is 0 Å². The fourth-order valence-electron chi connectivity index (χ4n) is 2.34. The van der Waals surface area contributed by atoms with Gasteiger partial charge in [0.05, 0.1) is 0 Å². The first kappa shape index (κ1) is 14.5. The lowest BCUT2D eigenvalue weighted by atomic mass is 9.87. The molecule has 4 heteroatoms. The summed E-state index contributed by atoms with van der Waals surface area (Å²) in [5, 5.41) is 12.7. The number of nitrogens with zero attached hydrogens (tertiary/aromatic N) is 1. The van der Waals surface area contributed by atoms with E-state index in [1.165, 1.54) is 0 Å². The van der Waals surface area contributed by atoms with E-state index in [4.69, 9.17) is 0 Å². The molecule has 1 heterocycles. The molecule has 1 fully saturated rings. The van der Waals surface area contributed by atoms with Crippen LogP contribution in [0.3, 0.4) is 0 Å². The topological polar surface area (TPSA) is 52.6 Å². The van der Waals surface area contributed by atoms with Crippen molar-refractivity contribution < 1.29 is 9.90 Å². The number of hydrogen-bond donors (Lipinski definition) is 2. The molecule has 0 bridgehead atoms. The van der Waals surface area contributed by atoms with Crippen molar-refractivity contribution in [1.82, 2.24) is 10.2 Å². The van der Waals surface area contributed by atoms with Crippen molar-refractivity contribution in [1.29, 1.82) is 0 Å². The van der Waals surface area contributed by atoms with E-state index in [9.17, 15) is 9.90 Å². The van der Waals surface area contributed by atoms with Gasteiger partial charge in [0, 0.05) is 13.1 Å². The van der Waals surface area contributed by atoms with Crippen LogP contribution in [0.5, 0.6) is 0 Å². The molecule has 2 N–H and O–H groups in total. The number of carboxylic acid groups (broad SMARTS) is 1. The van der Waals surface area contributed by atoms with Crippen molar-refractivity contribution in [2.45, 2.75) is 45.6 Å². The van der Waals surface area contributed by atoms with Gasteiger partial charge in [0.1, 0.15) is 5.54 Å². The van der Waals surface area contributed by atoms with E-state index in [1.54, 1.807) is 0 Å². The van der Waals surface area contributed by atoms with Gasteiger partial charge < -0.3 is 15.3 Å². The number of hydrogen-bond acceptors (Lipinski definition) is 3. The Hall–Kier alpha value is -0.610. The van der Waals surface area contributed by atoms with Crippen LogP contribution in [0.25, 0.3) is 0 Å². The molecule has 100 valence electrons. The van der Waals surface area contributed by atoms with Crippen molar-refractivity contribution in [2.75, 3.05) is 26.2 Å². The van der Waals surface area contributed by atoms with Crippen LogP contribution in [-0.4, -0.2) is 47.7 Å². The normalized spacial score (nSPS) is 20.7. The second-order valence-corrected chi connectivity index (χ2v) is 5.50. The Labute approximate surface area is 104 Å². The molecule has 1 aliphatic rings. The zero-order chi connectivity index (χ0) is 12.9. The molecule has 0 amide bonds. The molecule has 0 aromatic carbocycles. The Bertz CT molecular complexity index is 246. The SMILES string of the molecule is CCCN1CCC(NCC(C)C)(C(=O)O)CC1. The smallest absolute Gasteiger partial charge is 0.323 e. The molecule has 1 saturated heterocycles. The summed E-state index contributed by atoms with van der Waals surface area (Å²) >= 11 is 0. The second-order valence-electron chi connectivity index (χ2n) is 5.50. The molecule has 0 aliphatic carbocycles. The van der Waals surface area contributed by atoms with E-state index in [-0.39, 0.29) is 0 Å². The van der Waals surface area contributed by atoms with Gasteiger partial charge in [-0.05, 0) is 38.3 Å². The standard InChI is InChI=1S/C13H26N2O2/c1-4-7-15-8-5-13(6-9-15,12(16)17)14-10-11(2)3/h11,14H,4-10H2,1-3H3,(H,16,17). The van der Waals surface area contributed by atoms with Crippen LogP contribution in [0.1, 0.15) is 40.0 Å². The fourth-order valence-corrected chi connectivity index (χ4v) is 2.34. The average molecular weight is 242 g/mol. The van der Waals surface area contributed by atoms with Crippen molar-refractivity contribution in [3.05, 3.63) is 0 Å². The molecule has 1 aliphatic heterocycles. The summed E-state index contributed by atoms with van der Waals surface area (Å²) in [5.41, 5.74) is -0.686. The van der Waals surface area contributed by atoms with Crippen molar-refractivity contribution in [2.24, 2.45) is 5.92 Å². The third kappa shape index (κ3) is 3.96. The summed E-state index contributed by atoms with van der Waals surface area (Å²) < 4.78 is 0. The summed E-state index contributed by atoms with van der Waals surface area (Å²) in [4.78, 5) is 13.8. The van der Waals surface area contributed by atoms with Crippen molar-refractivity contribution >= 4 is 5.97 Å². The molecule has 0 unspecified atom stereocenters. The largest absolute Gasteiger partial charge is 0.480 e. The Morgan fingerprint density at radius 3 is 2.41 bits per heavy atom. The van der Waals surface area contributed by atoms with Gasteiger partial charge in [0.2, 0.25) is 0 Å². The van der Waals surface area contributed by atoms with E-state index < -0.39 is 11.5 Å². The Morgan fingerprint density at radius 1 is 1.41 bits per heavy atom. The zero-order valence-electron chi connectivity index (χ0n) is 11.3. The molecule has 0 atom stereocenters. The van der Waals surface area contributed by atoms with Crippen molar-refractivity contribution in [3.63, 3.8) is 0 Å². The van der Waals surface area contributed by atoms with Crippen LogP contribution in [0.4, 0.5) is 0 Å². The average Bonchev–Trinajstić information content (AvgIpc) is 2.28. The van der Waals surface area contributed by atoms with E-state index in [2.05, 4.69) is 31.0 Å². The van der Waals surface area contributed by atoms with Gasteiger partial charge in [-0.1, -0.05) is 20.8 Å². The first-order chi connectivity index (χ1) is 8.00. The lowest BCUT2D eigenvalue weighted by Crippen LogP contribution is -2.59. The van der Waals surface area contributed by atoms with Crippen LogP contribution in [0, 0.1) is 5.92 Å². The lowest BCUT2D eigenvalue weighted by molar-refractivity contribution is -0.147. The van der Waals surface area contributed by atoms with Crippen LogP contribution in [0.15, 0.2) is 0 Å². The number of carboxylic acids is 1. The van der Waals surface area contributed by atoms with E-state index in [0.717, 1.165) is 45.4 Å². The minimum atomic E-state index is -0.686. The predicted octanol–water partition coefficient (Wildman–Crippen LogP) is 1.56. The van der Waals surface area contributed by atoms with Gasteiger partial charge in [-0.25, -0.2) is 0 Å². The van der Waals surface area contributed by atoms with Crippen LogP contribution >= 0.6 is 0 Å². The number of rotatable bonds is 6. The number of piperidine rings is 1. The van der Waals surface area contributed by atoms with Crippen LogP contribution in [-0.2, 0) is 4.79 Å². The third-order valence-corrected chi connectivity index (χ3v) is 3.51. The molecule has 17 heavy (non-hydrogen) atoms. The summed E-state index contributed by atoms with van der Waals surface area (Å²) in [6.45, 7) is 10.0. The van der Waals surface area contributed by atoms with Gasteiger partial charge in [-0.3, -0.25) is 4.79 Å². The monoisotopic (exact) mass is 242 g/mol. The Kier molecular flexibility index (Phi) is 5.40. The second kappa shape index (κ2) is 6.36. The quantitative estimate of drug-likeness (QED) is 0.742. The number of aliphatic carboxylic acids is 1. The summed E-state index contributed by atoms with van der Waals surface area (Å²) in [5.74, 6) is -0.200. The first-order valence-electron chi connectivity index (χ1n) is 6.71. The highest BCUT2D eigenvalue weighted by atomic mass is 16.4. The molecular formula is C13H26N2O2. The highest BCUT2D eigenvalue weighted by Gasteiger charge is 2.40. The maximum atomic E-state index is 11.5. The van der Waals surface area contributed by atoms with Gasteiger partial charge in [-0.2, -0.15) is 0 Å². The maximum Gasteiger partial charge on any atom is 0.323 e. The van der Waals surface area contributed by atoms with E-state index in [0.29, 0.717) is 5.92 Å². The number of carbonyl (C=O) groups is 1. The predicted molar refractivity (Wildman–Crippen MR) is 69.2 cm³/mol.